The number of alkyl halides is 3. The minimum absolute atomic E-state index is 0. The molecule has 0 aliphatic carbocycles. The van der Waals surface area contributed by atoms with Crippen LogP contribution >= 0.6 is 0 Å². The van der Waals surface area contributed by atoms with E-state index in [4.69, 9.17) is 9.84 Å². The van der Waals surface area contributed by atoms with Gasteiger partial charge in [-0.2, -0.15) is 0 Å². The predicted molar refractivity (Wildman–Crippen MR) is 134 cm³/mol. The number of likely N-dealkylation sites (tertiary alicyclic amines) is 1. The lowest BCUT2D eigenvalue weighted by atomic mass is 10.1. The molecule has 1 saturated heterocycles. The number of rotatable bonds is 9. The van der Waals surface area contributed by atoms with Crippen LogP contribution in [0.5, 0.6) is 0 Å². The van der Waals surface area contributed by atoms with E-state index in [0.29, 0.717) is 12.5 Å². The van der Waals surface area contributed by atoms with Crippen molar-refractivity contribution >= 4 is 0 Å². The molecule has 0 saturated carbocycles. The molecule has 33 heavy (non-hydrogen) atoms. The first-order valence-corrected chi connectivity index (χ1v) is 10.9. The van der Waals surface area contributed by atoms with Crippen molar-refractivity contribution < 1.29 is 27.8 Å². The molecule has 0 spiro atoms. The highest BCUT2D eigenvalue weighted by molar-refractivity contribution is 5.16. The Bertz CT molecular complexity index is 608. The molecule has 1 fully saturated rings. The van der Waals surface area contributed by atoms with Gasteiger partial charge in [0.25, 0.3) is 0 Å². The summed E-state index contributed by atoms with van der Waals surface area (Å²) >= 11 is 0. The van der Waals surface area contributed by atoms with E-state index in [1.54, 1.807) is 19.1 Å². The van der Waals surface area contributed by atoms with E-state index < -0.39 is 12.5 Å². The standard InChI is InChI=1S/C20H28F3NO2.C3H6O.C2H6.CH4/c1-4-9-19(26-20(21,22)23)12-7-6-10-17(3)25-16-24-14-8-11-18(5-2)13-15-24;1-2-3-4;1-2;/h4-7,9-10,12,19H,3,8,11,13-16H2,1-2H3;2,4H,1,3H2;1-2H3;1H4/b9-4-,10-6+,12-7?,18-5+;;;. The van der Waals surface area contributed by atoms with Crippen LogP contribution in [0, 0.1) is 0 Å². The topological polar surface area (TPSA) is 41.9 Å². The summed E-state index contributed by atoms with van der Waals surface area (Å²) in [6, 6.07) is 0. The van der Waals surface area contributed by atoms with Gasteiger partial charge in [-0.05, 0) is 39.2 Å². The van der Waals surface area contributed by atoms with Crippen molar-refractivity contribution in [3.8, 4) is 0 Å². The van der Waals surface area contributed by atoms with Gasteiger partial charge in [-0.3, -0.25) is 9.64 Å². The van der Waals surface area contributed by atoms with Gasteiger partial charge in [0.2, 0.25) is 0 Å². The van der Waals surface area contributed by atoms with Gasteiger partial charge in [-0.25, -0.2) is 0 Å². The summed E-state index contributed by atoms with van der Waals surface area (Å²) in [4.78, 5) is 2.23. The summed E-state index contributed by atoms with van der Waals surface area (Å²) in [5.74, 6) is 0.462. The molecule has 1 aliphatic rings. The highest BCUT2D eigenvalue weighted by Gasteiger charge is 2.31. The minimum Gasteiger partial charge on any atom is -0.479 e. The summed E-state index contributed by atoms with van der Waals surface area (Å²) in [6.45, 7) is 17.2. The number of hydrogen-bond donors (Lipinski definition) is 1. The molecule has 7 heteroatoms. The number of nitrogens with zero attached hydrogens (tertiary/aromatic N) is 1. The van der Waals surface area contributed by atoms with Gasteiger partial charge in [0.05, 0.1) is 6.61 Å². The van der Waals surface area contributed by atoms with Crippen LogP contribution in [-0.2, 0) is 9.47 Å². The third-order valence-electron chi connectivity index (χ3n) is 4.04. The van der Waals surface area contributed by atoms with Gasteiger partial charge < -0.3 is 9.84 Å². The molecule has 1 unspecified atom stereocenters. The fourth-order valence-electron chi connectivity index (χ4n) is 2.53. The third kappa shape index (κ3) is 22.9. The van der Waals surface area contributed by atoms with Crippen molar-refractivity contribution in [3.63, 3.8) is 0 Å². The monoisotopic (exact) mass is 475 g/mol. The van der Waals surface area contributed by atoms with Gasteiger partial charge in [0, 0.05) is 13.1 Å². The van der Waals surface area contributed by atoms with E-state index in [9.17, 15) is 13.2 Å². The second-order valence-electron chi connectivity index (χ2n) is 6.43. The maximum atomic E-state index is 12.3. The molecule has 192 valence electrons. The van der Waals surface area contributed by atoms with Gasteiger partial charge in [0.15, 0.2) is 0 Å². The second-order valence-corrected chi connectivity index (χ2v) is 6.43. The average molecular weight is 476 g/mol. The summed E-state index contributed by atoms with van der Waals surface area (Å²) in [5.41, 5.74) is 1.48. The molecule has 0 amide bonds. The van der Waals surface area contributed by atoms with Gasteiger partial charge in [0.1, 0.15) is 18.6 Å². The highest BCUT2D eigenvalue weighted by atomic mass is 19.4. The molecule has 1 aliphatic heterocycles. The Morgan fingerprint density at radius 2 is 1.79 bits per heavy atom. The van der Waals surface area contributed by atoms with Crippen LogP contribution in [0.3, 0.4) is 0 Å². The SMILES string of the molecule is C.C=C(/C=C/C=CC(/C=C\C)OC(F)(F)F)OCN1CCC/C(=C\C)CC1.C=CCO.CC. The maximum Gasteiger partial charge on any atom is 0.523 e. The Labute approximate surface area is 199 Å². The molecule has 0 radical (unpaired) electrons. The molecular weight excluding hydrogens is 431 g/mol. The molecule has 0 bridgehead atoms. The molecule has 0 aromatic carbocycles. The molecule has 0 aromatic rings. The van der Waals surface area contributed by atoms with Crippen molar-refractivity contribution in [1.29, 1.82) is 0 Å². The Morgan fingerprint density at radius 3 is 2.30 bits per heavy atom. The van der Waals surface area contributed by atoms with Crippen LogP contribution in [0.15, 0.2) is 73.1 Å². The Morgan fingerprint density at radius 1 is 1.15 bits per heavy atom. The lowest BCUT2D eigenvalue weighted by Crippen LogP contribution is -2.27. The Balaban J connectivity index is -0.00000115. The van der Waals surface area contributed by atoms with Crippen LogP contribution in [-0.4, -0.2) is 48.9 Å². The van der Waals surface area contributed by atoms with Crippen molar-refractivity contribution in [2.24, 2.45) is 0 Å². The first-order valence-electron chi connectivity index (χ1n) is 10.9. The fourth-order valence-corrected chi connectivity index (χ4v) is 2.53. The van der Waals surface area contributed by atoms with E-state index in [0.717, 1.165) is 32.4 Å². The number of hydrogen-bond acceptors (Lipinski definition) is 4. The van der Waals surface area contributed by atoms with E-state index in [1.165, 1.54) is 36.0 Å². The van der Waals surface area contributed by atoms with E-state index in [1.807, 2.05) is 13.8 Å². The van der Waals surface area contributed by atoms with Crippen LogP contribution in [0.25, 0.3) is 0 Å². The van der Waals surface area contributed by atoms with Gasteiger partial charge in [-0.15, -0.1) is 19.8 Å². The fraction of sp³-hybridized carbons (Fsp3) is 0.538. The molecule has 1 N–H and O–H groups in total. The van der Waals surface area contributed by atoms with Crippen LogP contribution < -0.4 is 0 Å². The van der Waals surface area contributed by atoms with Gasteiger partial charge in [-0.1, -0.05) is 76.0 Å². The summed E-state index contributed by atoms with van der Waals surface area (Å²) in [7, 11) is 0. The van der Waals surface area contributed by atoms with Gasteiger partial charge >= 0.3 is 6.36 Å². The van der Waals surface area contributed by atoms with Crippen molar-refractivity contribution in [2.45, 2.75) is 66.9 Å². The third-order valence-corrected chi connectivity index (χ3v) is 4.04. The van der Waals surface area contributed by atoms with Crippen LogP contribution in [0.1, 0.15) is 54.4 Å². The summed E-state index contributed by atoms with van der Waals surface area (Å²) in [5, 5.41) is 7.76. The molecular formula is C26H44F3NO3. The van der Waals surface area contributed by atoms with Crippen LogP contribution in [0.4, 0.5) is 13.2 Å². The number of ether oxygens (including phenoxy) is 2. The van der Waals surface area contributed by atoms with Crippen molar-refractivity contribution in [3.05, 3.63) is 73.1 Å². The molecule has 1 atom stereocenters. The van der Waals surface area contributed by atoms with Crippen LogP contribution in [0.2, 0.25) is 0 Å². The van der Waals surface area contributed by atoms with Crippen molar-refractivity contribution in [2.75, 3.05) is 26.4 Å². The number of halogens is 3. The molecule has 0 aromatic heterocycles. The number of aliphatic hydroxyl groups excluding tert-OH is 1. The van der Waals surface area contributed by atoms with Crippen molar-refractivity contribution in [1.82, 2.24) is 4.90 Å². The number of aliphatic hydroxyl groups is 1. The quantitative estimate of drug-likeness (QED) is 0.215. The average Bonchev–Trinajstić information content (AvgIpc) is 3.01. The predicted octanol–water partition coefficient (Wildman–Crippen LogP) is 7.33. The lowest BCUT2D eigenvalue weighted by Gasteiger charge is -2.19. The normalized spacial score (nSPS) is 16.9. The molecule has 4 nitrogen and oxygen atoms in total. The smallest absolute Gasteiger partial charge is 0.479 e. The summed E-state index contributed by atoms with van der Waals surface area (Å²) < 4.78 is 46.4. The maximum absolute atomic E-state index is 12.3. The lowest BCUT2D eigenvalue weighted by molar-refractivity contribution is -0.330. The van der Waals surface area contributed by atoms with E-state index >= 15 is 0 Å². The molecule has 1 rings (SSSR count). The number of allylic oxidation sites excluding steroid dienone is 5. The second kappa shape index (κ2) is 23.1. The van der Waals surface area contributed by atoms with E-state index in [-0.39, 0.29) is 14.0 Å². The molecule has 1 heterocycles. The first kappa shape index (κ1) is 35.5. The Kier molecular flexibility index (Phi) is 24.8. The largest absolute Gasteiger partial charge is 0.523 e. The Hall–Kier alpha value is -2.09. The highest BCUT2D eigenvalue weighted by Crippen LogP contribution is 2.20. The zero-order valence-corrected chi connectivity index (χ0v) is 19.9. The summed E-state index contributed by atoms with van der Waals surface area (Å²) in [6.07, 6.45) is 9.89. The minimum atomic E-state index is -4.68. The van der Waals surface area contributed by atoms with E-state index in [2.05, 4.69) is 35.8 Å². The zero-order chi connectivity index (χ0) is 24.8. The first-order chi connectivity index (χ1) is 15.3. The zero-order valence-electron chi connectivity index (χ0n) is 19.9.